The van der Waals surface area contributed by atoms with E-state index in [1.165, 1.54) is 0 Å². The van der Waals surface area contributed by atoms with Gasteiger partial charge in [-0.15, -0.1) is 11.3 Å². The lowest BCUT2D eigenvalue weighted by atomic mass is 10.3. The Labute approximate surface area is 133 Å². The number of anilines is 1. The Morgan fingerprint density at radius 3 is 2.77 bits per heavy atom. The van der Waals surface area contributed by atoms with E-state index in [1.54, 1.807) is 29.9 Å². The van der Waals surface area contributed by atoms with E-state index in [-0.39, 0.29) is 6.03 Å². The van der Waals surface area contributed by atoms with Crippen LogP contribution in [-0.2, 0) is 6.54 Å². The Bertz CT molecular complexity index is 623. The van der Waals surface area contributed by atoms with Gasteiger partial charge in [-0.1, -0.05) is 0 Å². The van der Waals surface area contributed by atoms with Crippen LogP contribution in [0.3, 0.4) is 0 Å². The highest BCUT2D eigenvalue weighted by molar-refractivity contribution is 7.09. The van der Waals surface area contributed by atoms with Crippen LogP contribution in [0.1, 0.15) is 10.7 Å². The topological polar surface area (TPSA) is 74.2 Å². The van der Waals surface area contributed by atoms with Crippen LogP contribution in [0.25, 0.3) is 0 Å². The van der Waals surface area contributed by atoms with Crippen molar-refractivity contribution < 1.29 is 4.79 Å². The molecular weight excluding hydrogens is 300 g/mol. The lowest BCUT2D eigenvalue weighted by Crippen LogP contribution is -2.51. The van der Waals surface area contributed by atoms with E-state index < -0.39 is 0 Å². The normalized spacial score (nSPS) is 15.0. The monoisotopic (exact) mass is 318 g/mol. The van der Waals surface area contributed by atoms with Gasteiger partial charge in [0, 0.05) is 44.0 Å². The van der Waals surface area contributed by atoms with Crippen molar-refractivity contribution in [2.45, 2.75) is 13.5 Å². The Balaban J connectivity index is 1.47. The lowest BCUT2D eigenvalue weighted by molar-refractivity contribution is 0.193. The number of piperazine rings is 1. The number of rotatable bonds is 3. The number of nitrogens with zero attached hydrogens (tertiary/aromatic N) is 5. The first-order chi connectivity index (χ1) is 10.7. The van der Waals surface area contributed by atoms with E-state index in [4.69, 9.17) is 0 Å². The summed E-state index contributed by atoms with van der Waals surface area (Å²) in [5, 5.41) is 5.91. The van der Waals surface area contributed by atoms with Gasteiger partial charge in [-0.3, -0.25) is 4.98 Å². The molecular formula is C14H18N6OS. The Hall–Kier alpha value is -2.22. The molecule has 7 nitrogen and oxygen atoms in total. The average molecular weight is 318 g/mol. The molecule has 1 aliphatic heterocycles. The number of aromatic nitrogens is 3. The molecule has 0 bridgehead atoms. The first kappa shape index (κ1) is 14.7. The van der Waals surface area contributed by atoms with E-state index in [2.05, 4.69) is 25.2 Å². The van der Waals surface area contributed by atoms with Crippen LogP contribution < -0.4 is 10.2 Å². The SMILES string of the molecule is Cc1nc(CNC(=O)N2CCN(c3cnccn3)CC2)cs1. The van der Waals surface area contributed by atoms with Crippen molar-refractivity contribution in [3.05, 3.63) is 34.7 Å². The minimum absolute atomic E-state index is 0.0375. The van der Waals surface area contributed by atoms with Crippen LogP contribution in [0.5, 0.6) is 0 Å². The molecule has 3 rings (SSSR count). The highest BCUT2D eigenvalue weighted by Gasteiger charge is 2.21. The van der Waals surface area contributed by atoms with Gasteiger partial charge in [0.1, 0.15) is 5.82 Å². The number of carbonyl (C=O) groups is 1. The maximum Gasteiger partial charge on any atom is 0.317 e. The van der Waals surface area contributed by atoms with Crippen molar-refractivity contribution >= 4 is 23.2 Å². The molecule has 0 saturated carbocycles. The maximum atomic E-state index is 12.2. The molecule has 3 heterocycles. The first-order valence-corrected chi connectivity index (χ1v) is 8.05. The van der Waals surface area contributed by atoms with E-state index >= 15 is 0 Å². The zero-order valence-electron chi connectivity index (χ0n) is 12.4. The molecule has 1 saturated heterocycles. The molecule has 2 amide bonds. The molecule has 0 unspecified atom stereocenters. The predicted octanol–water partition coefficient (Wildman–Crippen LogP) is 1.27. The summed E-state index contributed by atoms with van der Waals surface area (Å²) in [4.78, 5) is 28.8. The summed E-state index contributed by atoms with van der Waals surface area (Å²) < 4.78 is 0. The van der Waals surface area contributed by atoms with Crippen molar-refractivity contribution in [3.63, 3.8) is 0 Å². The fourth-order valence-corrected chi connectivity index (χ4v) is 2.97. The minimum atomic E-state index is -0.0375. The van der Waals surface area contributed by atoms with Gasteiger partial charge < -0.3 is 15.1 Å². The molecule has 0 aromatic carbocycles. The second-order valence-corrected chi connectivity index (χ2v) is 6.12. The summed E-state index contributed by atoms with van der Waals surface area (Å²) in [5.41, 5.74) is 0.911. The molecule has 1 fully saturated rings. The second-order valence-electron chi connectivity index (χ2n) is 5.05. The van der Waals surface area contributed by atoms with Gasteiger partial charge in [-0.25, -0.2) is 14.8 Å². The molecule has 8 heteroatoms. The quantitative estimate of drug-likeness (QED) is 0.922. The summed E-state index contributed by atoms with van der Waals surface area (Å²) in [5.74, 6) is 0.862. The van der Waals surface area contributed by atoms with Crippen molar-refractivity contribution in [2.75, 3.05) is 31.1 Å². The number of carbonyl (C=O) groups excluding carboxylic acids is 1. The smallest absolute Gasteiger partial charge is 0.317 e. The number of hydrogen-bond acceptors (Lipinski definition) is 6. The minimum Gasteiger partial charge on any atom is -0.352 e. The van der Waals surface area contributed by atoms with Gasteiger partial charge in [0.2, 0.25) is 0 Å². The van der Waals surface area contributed by atoms with Crippen molar-refractivity contribution in [1.82, 2.24) is 25.2 Å². The van der Waals surface area contributed by atoms with Gasteiger partial charge in [0.25, 0.3) is 0 Å². The maximum absolute atomic E-state index is 12.2. The van der Waals surface area contributed by atoms with Crippen molar-refractivity contribution in [1.29, 1.82) is 0 Å². The number of hydrogen-bond donors (Lipinski definition) is 1. The van der Waals surface area contributed by atoms with Gasteiger partial charge in [0.05, 0.1) is 23.4 Å². The van der Waals surface area contributed by atoms with Crippen LogP contribution in [-0.4, -0.2) is 52.1 Å². The fourth-order valence-electron chi connectivity index (χ4n) is 2.36. The van der Waals surface area contributed by atoms with Crippen LogP contribution in [0.2, 0.25) is 0 Å². The van der Waals surface area contributed by atoms with E-state index in [9.17, 15) is 4.79 Å². The summed E-state index contributed by atoms with van der Waals surface area (Å²) in [6.07, 6.45) is 5.10. The van der Waals surface area contributed by atoms with Crippen molar-refractivity contribution in [3.8, 4) is 0 Å². The molecule has 0 atom stereocenters. The van der Waals surface area contributed by atoms with Gasteiger partial charge >= 0.3 is 6.03 Å². The van der Waals surface area contributed by atoms with Crippen LogP contribution in [0.4, 0.5) is 10.6 Å². The summed E-state index contributed by atoms with van der Waals surface area (Å²) in [6.45, 7) is 5.33. The molecule has 0 spiro atoms. The van der Waals surface area contributed by atoms with Crippen molar-refractivity contribution in [2.24, 2.45) is 0 Å². The number of thiazole rings is 1. The van der Waals surface area contributed by atoms with E-state index in [0.717, 1.165) is 29.6 Å². The second kappa shape index (κ2) is 6.69. The highest BCUT2D eigenvalue weighted by Crippen LogP contribution is 2.12. The zero-order chi connectivity index (χ0) is 15.4. The first-order valence-electron chi connectivity index (χ1n) is 7.17. The third-order valence-electron chi connectivity index (χ3n) is 3.53. The largest absolute Gasteiger partial charge is 0.352 e. The molecule has 1 aliphatic rings. The zero-order valence-corrected chi connectivity index (χ0v) is 13.2. The average Bonchev–Trinajstić information content (AvgIpc) is 2.99. The fraction of sp³-hybridized carbons (Fsp3) is 0.429. The van der Waals surface area contributed by atoms with Crippen LogP contribution in [0, 0.1) is 6.92 Å². The standard InChI is InChI=1S/C14H18N6OS/c1-11-18-12(10-22-11)8-17-14(21)20-6-4-19(5-7-20)13-9-15-2-3-16-13/h2-3,9-10H,4-8H2,1H3,(H,17,21). The molecule has 116 valence electrons. The number of urea groups is 1. The predicted molar refractivity (Wildman–Crippen MR) is 84.9 cm³/mol. The van der Waals surface area contributed by atoms with Crippen LogP contribution in [0.15, 0.2) is 24.0 Å². The Morgan fingerprint density at radius 2 is 2.14 bits per heavy atom. The molecule has 2 aromatic heterocycles. The molecule has 2 aromatic rings. The highest BCUT2D eigenvalue weighted by atomic mass is 32.1. The molecule has 0 radical (unpaired) electrons. The summed E-state index contributed by atoms with van der Waals surface area (Å²) >= 11 is 1.59. The van der Waals surface area contributed by atoms with E-state index in [0.29, 0.717) is 19.6 Å². The molecule has 0 aliphatic carbocycles. The van der Waals surface area contributed by atoms with Gasteiger partial charge in [0.15, 0.2) is 0 Å². The number of aryl methyl sites for hydroxylation is 1. The van der Waals surface area contributed by atoms with Gasteiger partial charge in [-0.2, -0.15) is 0 Å². The third kappa shape index (κ3) is 3.51. The van der Waals surface area contributed by atoms with Crippen LogP contribution >= 0.6 is 11.3 Å². The summed E-state index contributed by atoms with van der Waals surface area (Å²) in [7, 11) is 0. The number of amides is 2. The van der Waals surface area contributed by atoms with E-state index in [1.807, 2.05) is 17.2 Å². The molecule has 1 N–H and O–H groups in total. The lowest BCUT2D eigenvalue weighted by Gasteiger charge is -2.35. The number of nitrogens with one attached hydrogen (secondary N) is 1. The summed E-state index contributed by atoms with van der Waals surface area (Å²) in [6, 6.07) is -0.0375. The Morgan fingerprint density at radius 1 is 1.32 bits per heavy atom. The Kier molecular flexibility index (Phi) is 4.47. The third-order valence-corrected chi connectivity index (χ3v) is 4.35. The molecule has 22 heavy (non-hydrogen) atoms. The van der Waals surface area contributed by atoms with Gasteiger partial charge in [-0.05, 0) is 6.92 Å².